The Bertz CT molecular complexity index is 822. The minimum atomic E-state index is -2.10. The summed E-state index contributed by atoms with van der Waals surface area (Å²) in [5.41, 5.74) is 8.39. The Morgan fingerprint density at radius 3 is 2.24 bits per heavy atom. The topological polar surface area (TPSA) is 101 Å². The van der Waals surface area contributed by atoms with Crippen LogP contribution in [0.4, 0.5) is 4.79 Å². The molecule has 0 aliphatic carbocycles. The average molecular weight is 440 g/mol. The van der Waals surface area contributed by atoms with Crippen molar-refractivity contribution in [1.29, 1.82) is 0 Å². The number of carbonyl (C=O) groups excluding carboxylic acids is 2. The van der Waals surface area contributed by atoms with Gasteiger partial charge in [-0.15, -0.1) is 0 Å². The summed E-state index contributed by atoms with van der Waals surface area (Å²) >= 11 is 6.41. The van der Waals surface area contributed by atoms with Gasteiger partial charge in [0.2, 0.25) is 0 Å². The lowest BCUT2D eigenvalue weighted by Gasteiger charge is -2.36. The lowest BCUT2D eigenvalue weighted by Crippen LogP contribution is -2.44. The first-order valence-corrected chi connectivity index (χ1v) is 12.6. The fourth-order valence-electron chi connectivity index (χ4n) is 2.08. The van der Waals surface area contributed by atoms with Crippen molar-refractivity contribution in [2.45, 2.75) is 71.3 Å². The second-order valence-corrected chi connectivity index (χ2v) is 14.4. The molecular weight excluding hydrogens is 410 g/mol. The molecule has 0 radical (unpaired) electrons. The quantitative estimate of drug-likeness (QED) is 0.286. The first-order chi connectivity index (χ1) is 13.1. The highest BCUT2D eigenvalue weighted by Crippen LogP contribution is 2.39. The third kappa shape index (κ3) is 7.31. The van der Waals surface area contributed by atoms with Crippen LogP contribution in [0.2, 0.25) is 23.2 Å². The van der Waals surface area contributed by atoms with Crippen LogP contribution in [0.5, 0.6) is 5.75 Å². The Morgan fingerprint density at radius 1 is 1.21 bits per heavy atom. The number of hydrogen-bond donors (Lipinski definition) is 1. The molecule has 9 heteroatoms. The lowest BCUT2D eigenvalue weighted by molar-refractivity contribution is -0.118. The van der Waals surface area contributed by atoms with Crippen molar-refractivity contribution < 1.29 is 23.5 Å². The normalized spacial score (nSPS) is 13.1. The van der Waals surface area contributed by atoms with Gasteiger partial charge in [-0.25, -0.2) is 4.79 Å². The van der Waals surface area contributed by atoms with E-state index >= 15 is 0 Å². The van der Waals surface area contributed by atoms with Gasteiger partial charge in [-0.05, 0) is 56.6 Å². The summed E-state index contributed by atoms with van der Waals surface area (Å²) in [4.78, 5) is 27.3. The molecule has 160 valence electrons. The summed E-state index contributed by atoms with van der Waals surface area (Å²) in [5, 5.41) is 2.80. The van der Waals surface area contributed by atoms with Gasteiger partial charge in [-0.3, -0.25) is 4.79 Å². The summed E-state index contributed by atoms with van der Waals surface area (Å²) in [7, 11) is -2.10. The SMILES string of the molecule is CC(C)(C)OC(=O)N[C@H](C(=O)C=[N+]=[N-])c1ccc(O[Si](C)(C)C(C)(C)C)c(Cl)c1. The Balaban J connectivity index is 3.21. The maximum atomic E-state index is 12.4. The number of alkyl carbamates (subject to hydrolysis) is 1. The van der Waals surface area contributed by atoms with Crippen LogP contribution in [0.15, 0.2) is 18.2 Å². The molecule has 29 heavy (non-hydrogen) atoms. The number of benzene rings is 1. The third-order valence-electron chi connectivity index (χ3n) is 4.59. The van der Waals surface area contributed by atoms with Crippen LogP contribution in [0.25, 0.3) is 5.53 Å². The van der Waals surface area contributed by atoms with Gasteiger partial charge in [0.25, 0.3) is 14.1 Å². The van der Waals surface area contributed by atoms with Gasteiger partial charge in [-0.1, -0.05) is 38.4 Å². The molecule has 1 N–H and O–H groups in total. The highest BCUT2D eigenvalue weighted by atomic mass is 35.5. The van der Waals surface area contributed by atoms with E-state index in [-0.39, 0.29) is 5.04 Å². The van der Waals surface area contributed by atoms with Crippen molar-refractivity contribution in [3.8, 4) is 5.75 Å². The molecule has 0 aliphatic heterocycles. The fourth-order valence-corrected chi connectivity index (χ4v) is 3.41. The smallest absolute Gasteiger partial charge is 0.408 e. The van der Waals surface area contributed by atoms with Crippen LogP contribution in [0.1, 0.15) is 53.1 Å². The molecule has 7 nitrogen and oxygen atoms in total. The Kier molecular flexibility index (Phi) is 7.82. The molecule has 1 amide bonds. The van der Waals surface area contributed by atoms with Crippen LogP contribution in [-0.4, -0.2) is 36.8 Å². The number of halogens is 1. The molecule has 0 saturated heterocycles. The van der Waals surface area contributed by atoms with Crippen LogP contribution in [0.3, 0.4) is 0 Å². The zero-order valence-corrected chi connectivity index (χ0v) is 20.0. The van der Waals surface area contributed by atoms with Gasteiger partial charge in [0.15, 0.2) is 0 Å². The summed E-state index contributed by atoms with van der Waals surface area (Å²) in [6.45, 7) is 15.7. The maximum absolute atomic E-state index is 12.4. The van der Waals surface area contributed by atoms with Crippen molar-refractivity contribution in [1.82, 2.24) is 5.32 Å². The monoisotopic (exact) mass is 439 g/mol. The Hall–Kier alpha value is -2.15. The molecule has 0 aromatic heterocycles. The van der Waals surface area contributed by atoms with Crippen LogP contribution in [-0.2, 0) is 9.53 Å². The molecular formula is C20H30ClN3O4Si. The highest BCUT2D eigenvalue weighted by molar-refractivity contribution is 6.74. The number of amides is 1. The fraction of sp³-hybridized carbons (Fsp3) is 0.550. The van der Waals surface area contributed by atoms with E-state index in [0.29, 0.717) is 16.3 Å². The molecule has 0 unspecified atom stereocenters. The third-order valence-corrected chi connectivity index (χ3v) is 9.23. The van der Waals surface area contributed by atoms with E-state index in [9.17, 15) is 9.59 Å². The van der Waals surface area contributed by atoms with Crippen molar-refractivity contribution in [2.75, 3.05) is 0 Å². The predicted molar refractivity (Wildman–Crippen MR) is 116 cm³/mol. The van der Waals surface area contributed by atoms with Gasteiger partial charge in [0.05, 0.1) is 5.02 Å². The summed E-state index contributed by atoms with van der Waals surface area (Å²) in [6.07, 6.45) is -0.0596. The maximum Gasteiger partial charge on any atom is 0.408 e. The number of nitrogens with one attached hydrogen (secondary N) is 1. The molecule has 0 aliphatic rings. The molecule has 0 heterocycles. The summed E-state index contributed by atoms with van der Waals surface area (Å²) in [6, 6.07) is 3.74. The summed E-state index contributed by atoms with van der Waals surface area (Å²) < 4.78 is 11.4. The van der Waals surface area contributed by atoms with E-state index in [1.54, 1.807) is 39.0 Å². The zero-order valence-electron chi connectivity index (χ0n) is 18.3. The van der Waals surface area contributed by atoms with Crippen molar-refractivity contribution in [3.63, 3.8) is 0 Å². The van der Waals surface area contributed by atoms with Gasteiger partial charge in [0, 0.05) is 0 Å². The molecule has 1 atom stereocenters. The Morgan fingerprint density at radius 2 is 1.79 bits per heavy atom. The van der Waals surface area contributed by atoms with E-state index in [2.05, 4.69) is 44.0 Å². The first kappa shape index (κ1) is 24.9. The average Bonchev–Trinajstić information content (AvgIpc) is 2.52. The standard InChI is InChI=1S/C20H30ClN3O4Si/c1-19(2,3)27-18(26)24-17(15(25)12-23-22)13-9-10-16(14(21)11-13)28-29(7,8)20(4,5)6/h9-12,17H,1-8H3,(H,24,26)/t17-/m0/s1. The number of nitrogens with zero attached hydrogens (tertiary/aromatic N) is 2. The number of hydrogen-bond acceptors (Lipinski definition) is 4. The molecule has 0 fully saturated rings. The Labute approximate surface area is 178 Å². The molecule has 1 aromatic rings. The number of rotatable bonds is 6. The van der Waals surface area contributed by atoms with E-state index in [1.807, 2.05) is 0 Å². The van der Waals surface area contributed by atoms with E-state index < -0.39 is 31.8 Å². The molecule has 0 saturated carbocycles. The minimum absolute atomic E-state index is 0.0106. The second-order valence-electron chi connectivity index (χ2n) is 9.28. The minimum Gasteiger partial charge on any atom is -0.543 e. The van der Waals surface area contributed by atoms with Gasteiger partial charge in [-0.2, -0.15) is 4.79 Å². The van der Waals surface area contributed by atoms with E-state index in [4.69, 9.17) is 26.3 Å². The van der Waals surface area contributed by atoms with Crippen LogP contribution in [0, 0.1) is 0 Å². The van der Waals surface area contributed by atoms with Crippen molar-refractivity contribution in [3.05, 3.63) is 34.3 Å². The van der Waals surface area contributed by atoms with Gasteiger partial charge >= 0.3 is 12.3 Å². The van der Waals surface area contributed by atoms with Gasteiger partial charge < -0.3 is 20.0 Å². The molecule has 0 spiro atoms. The van der Waals surface area contributed by atoms with Crippen LogP contribution < -0.4 is 9.74 Å². The summed E-state index contributed by atoms with van der Waals surface area (Å²) in [5.74, 6) is -0.117. The molecule has 1 aromatic carbocycles. The molecule has 1 rings (SSSR count). The highest BCUT2D eigenvalue weighted by Gasteiger charge is 2.39. The zero-order chi connectivity index (χ0) is 22.6. The molecule has 0 bridgehead atoms. The largest absolute Gasteiger partial charge is 0.543 e. The second kappa shape index (κ2) is 9.11. The number of carbonyl (C=O) groups is 2. The van der Waals surface area contributed by atoms with Crippen molar-refractivity contribution >= 4 is 38.0 Å². The van der Waals surface area contributed by atoms with E-state index in [1.165, 1.54) is 0 Å². The van der Waals surface area contributed by atoms with E-state index in [0.717, 1.165) is 6.21 Å². The van der Waals surface area contributed by atoms with Gasteiger partial charge in [0.1, 0.15) is 17.4 Å². The first-order valence-electron chi connectivity index (χ1n) is 9.26. The number of ketones is 1. The predicted octanol–water partition coefficient (Wildman–Crippen LogP) is 5.16. The number of Topliss-reactive ketones (excluding diaryl/α,β-unsaturated/α-hetero) is 1. The lowest BCUT2D eigenvalue weighted by atomic mass is 10.0. The van der Waals surface area contributed by atoms with Crippen LogP contribution >= 0.6 is 11.6 Å². The van der Waals surface area contributed by atoms with Crippen molar-refractivity contribution in [2.24, 2.45) is 0 Å². The number of ether oxygens (including phenoxy) is 1.